The third-order valence-corrected chi connectivity index (χ3v) is 3.63. The second-order valence-electron chi connectivity index (χ2n) is 5.60. The zero-order valence-corrected chi connectivity index (χ0v) is 15.9. The van der Waals surface area contributed by atoms with E-state index >= 15 is 0 Å². The van der Waals surface area contributed by atoms with Crippen molar-refractivity contribution >= 4 is 28.9 Å². The Hall–Kier alpha value is -2.80. The molecule has 0 bridgehead atoms. The molecule has 3 N–H and O–H groups in total. The molecular weight excluding hydrogens is 350 g/mol. The average molecular weight is 373 g/mol. The highest BCUT2D eigenvalue weighted by molar-refractivity contribution is 7.80. The number of thiocarbonyl (C=S) groups is 1. The topological polar surface area (TPSA) is 71.6 Å². The summed E-state index contributed by atoms with van der Waals surface area (Å²) in [6.45, 7) is 6.18. The van der Waals surface area contributed by atoms with Crippen LogP contribution in [-0.4, -0.2) is 23.7 Å². The van der Waals surface area contributed by atoms with Gasteiger partial charge in [-0.2, -0.15) is 0 Å². The van der Waals surface area contributed by atoms with Crippen LogP contribution in [0.3, 0.4) is 0 Å². The number of hydrogen-bond acceptors (Lipinski definition) is 4. The van der Waals surface area contributed by atoms with Crippen molar-refractivity contribution in [1.29, 1.82) is 0 Å². The van der Waals surface area contributed by atoms with Crippen molar-refractivity contribution in [3.63, 3.8) is 0 Å². The van der Waals surface area contributed by atoms with E-state index in [4.69, 9.17) is 21.7 Å². The SMILES string of the molecule is CCOc1ccc(O[C@H](C)C(=O)NNC(=S)Nc2ccc(C)cc2)cc1. The van der Waals surface area contributed by atoms with Crippen LogP contribution >= 0.6 is 12.2 Å². The molecule has 0 unspecified atom stereocenters. The van der Waals surface area contributed by atoms with E-state index in [1.807, 2.05) is 38.1 Å². The lowest BCUT2D eigenvalue weighted by molar-refractivity contribution is -0.127. The second-order valence-corrected chi connectivity index (χ2v) is 6.01. The predicted octanol–water partition coefficient (Wildman–Crippen LogP) is 3.18. The maximum absolute atomic E-state index is 12.1. The van der Waals surface area contributed by atoms with Crippen LogP contribution in [0.25, 0.3) is 0 Å². The molecule has 0 aliphatic rings. The summed E-state index contributed by atoms with van der Waals surface area (Å²) in [5.74, 6) is 0.995. The number of ether oxygens (including phenoxy) is 2. The van der Waals surface area contributed by atoms with Gasteiger partial charge in [-0.15, -0.1) is 0 Å². The first-order valence-corrected chi connectivity index (χ1v) is 8.71. The predicted molar refractivity (Wildman–Crippen MR) is 106 cm³/mol. The number of anilines is 1. The first kappa shape index (κ1) is 19.5. The van der Waals surface area contributed by atoms with Crippen LogP contribution in [-0.2, 0) is 4.79 Å². The minimum atomic E-state index is -0.692. The molecule has 26 heavy (non-hydrogen) atoms. The zero-order chi connectivity index (χ0) is 18.9. The summed E-state index contributed by atoms with van der Waals surface area (Å²) in [7, 11) is 0. The summed E-state index contributed by atoms with van der Waals surface area (Å²) in [5.41, 5.74) is 7.17. The monoisotopic (exact) mass is 373 g/mol. The number of benzene rings is 2. The maximum Gasteiger partial charge on any atom is 0.279 e. The lowest BCUT2D eigenvalue weighted by Gasteiger charge is -2.16. The molecule has 6 nitrogen and oxygen atoms in total. The fourth-order valence-corrected chi connectivity index (χ4v) is 2.23. The Morgan fingerprint density at radius 2 is 1.65 bits per heavy atom. The van der Waals surface area contributed by atoms with Gasteiger partial charge in [0.25, 0.3) is 5.91 Å². The molecule has 2 aromatic carbocycles. The van der Waals surface area contributed by atoms with Gasteiger partial charge in [0.2, 0.25) is 0 Å². The summed E-state index contributed by atoms with van der Waals surface area (Å²) in [4.78, 5) is 12.1. The molecule has 7 heteroatoms. The van der Waals surface area contributed by atoms with E-state index in [9.17, 15) is 4.79 Å². The highest BCUT2D eigenvalue weighted by Gasteiger charge is 2.14. The van der Waals surface area contributed by atoms with Gasteiger partial charge in [-0.25, -0.2) is 0 Å². The highest BCUT2D eigenvalue weighted by Crippen LogP contribution is 2.18. The lowest BCUT2D eigenvalue weighted by atomic mass is 10.2. The number of nitrogens with one attached hydrogen (secondary N) is 3. The number of hydrazine groups is 1. The van der Waals surface area contributed by atoms with Gasteiger partial charge in [0.15, 0.2) is 11.2 Å². The van der Waals surface area contributed by atoms with Gasteiger partial charge in [-0.05, 0) is 69.4 Å². The molecule has 0 saturated carbocycles. The minimum absolute atomic E-state index is 0.287. The molecule has 0 radical (unpaired) electrons. The number of amides is 1. The zero-order valence-electron chi connectivity index (χ0n) is 15.0. The minimum Gasteiger partial charge on any atom is -0.494 e. The van der Waals surface area contributed by atoms with Crippen LogP contribution in [0.2, 0.25) is 0 Å². The van der Waals surface area contributed by atoms with E-state index in [2.05, 4.69) is 16.2 Å². The summed E-state index contributed by atoms with van der Waals surface area (Å²) < 4.78 is 11.0. The number of hydrogen-bond donors (Lipinski definition) is 3. The fourth-order valence-electron chi connectivity index (χ4n) is 2.06. The van der Waals surface area contributed by atoms with E-state index in [0.717, 1.165) is 17.0 Å². The Bertz CT molecular complexity index is 733. The van der Waals surface area contributed by atoms with Gasteiger partial charge in [0.05, 0.1) is 6.61 Å². The number of aryl methyl sites for hydroxylation is 1. The van der Waals surface area contributed by atoms with Crippen molar-refractivity contribution in [3.05, 3.63) is 54.1 Å². The third-order valence-electron chi connectivity index (χ3n) is 3.43. The first-order chi connectivity index (χ1) is 12.5. The highest BCUT2D eigenvalue weighted by atomic mass is 32.1. The van der Waals surface area contributed by atoms with Gasteiger partial charge in [0.1, 0.15) is 11.5 Å². The summed E-state index contributed by atoms with van der Waals surface area (Å²) >= 11 is 5.15. The van der Waals surface area contributed by atoms with Gasteiger partial charge in [-0.1, -0.05) is 17.7 Å². The van der Waals surface area contributed by atoms with Gasteiger partial charge in [-0.3, -0.25) is 15.6 Å². The number of carbonyl (C=O) groups is 1. The van der Waals surface area contributed by atoms with Gasteiger partial charge < -0.3 is 14.8 Å². The quantitative estimate of drug-likeness (QED) is 0.534. The Labute approximate surface area is 158 Å². The van der Waals surface area contributed by atoms with Crippen LogP contribution < -0.4 is 25.6 Å². The number of carbonyl (C=O) groups excluding carboxylic acids is 1. The van der Waals surface area contributed by atoms with Crippen molar-refractivity contribution in [2.75, 3.05) is 11.9 Å². The molecule has 0 saturated heterocycles. The summed E-state index contributed by atoms with van der Waals surface area (Å²) in [6.07, 6.45) is -0.692. The Balaban J connectivity index is 1.77. The molecule has 2 aromatic rings. The molecule has 0 aliphatic heterocycles. The molecule has 0 aromatic heterocycles. The van der Waals surface area contributed by atoms with E-state index in [1.54, 1.807) is 31.2 Å². The molecule has 0 heterocycles. The van der Waals surface area contributed by atoms with Crippen molar-refractivity contribution in [3.8, 4) is 11.5 Å². The van der Waals surface area contributed by atoms with Crippen molar-refractivity contribution in [1.82, 2.24) is 10.9 Å². The average Bonchev–Trinajstić information content (AvgIpc) is 2.63. The summed E-state index contributed by atoms with van der Waals surface area (Å²) in [6, 6.07) is 14.8. The standard InChI is InChI=1S/C19H23N3O3S/c1-4-24-16-9-11-17(12-10-16)25-14(3)18(23)21-22-19(26)20-15-7-5-13(2)6-8-15/h5-12,14H,4H2,1-3H3,(H,21,23)(H2,20,22,26)/t14-/m1/s1. The first-order valence-electron chi connectivity index (χ1n) is 8.31. The molecule has 0 fully saturated rings. The molecule has 1 atom stereocenters. The second kappa shape index (κ2) is 9.62. The van der Waals surface area contributed by atoms with Crippen LogP contribution in [0.5, 0.6) is 11.5 Å². The van der Waals surface area contributed by atoms with Gasteiger partial charge >= 0.3 is 0 Å². The summed E-state index contributed by atoms with van der Waals surface area (Å²) in [5, 5.41) is 3.27. The van der Waals surface area contributed by atoms with E-state index in [-0.39, 0.29) is 11.0 Å². The third kappa shape index (κ3) is 6.25. The van der Waals surface area contributed by atoms with Crippen LogP contribution in [0.1, 0.15) is 19.4 Å². The molecule has 2 rings (SSSR count). The van der Waals surface area contributed by atoms with Crippen LogP contribution in [0.4, 0.5) is 5.69 Å². The molecular formula is C19H23N3O3S. The van der Waals surface area contributed by atoms with E-state index in [0.29, 0.717) is 12.4 Å². The van der Waals surface area contributed by atoms with Crippen LogP contribution in [0, 0.1) is 6.92 Å². The lowest BCUT2D eigenvalue weighted by Crippen LogP contribution is -2.48. The Morgan fingerprint density at radius 1 is 1.04 bits per heavy atom. The normalized spacial score (nSPS) is 11.2. The molecule has 0 aliphatic carbocycles. The molecule has 138 valence electrons. The van der Waals surface area contributed by atoms with Crippen molar-refractivity contribution in [2.45, 2.75) is 26.9 Å². The fraction of sp³-hybridized carbons (Fsp3) is 0.263. The number of rotatable bonds is 6. The van der Waals surface area contributed by atoms with Crippen LogP contribution in [0.15, 0.2) is 48.5 Å². The molecule has 0 spiro atoms. The van der Waals surface area contributed by atoms with Gasteiger partial charge in [0, 0.05) is 5.69 Å². The Morgan fingerprint density at radius 3 is 2.27 bits per heavy atom. The maximum atomic E-state index is 12.1. The Kier molecular flexibility index (Phi) is 7.23. The molecule has 1 amide bonds. The smallest absolute Gasteiger partial charge is 0.279 e. The van der Waals surface area contributed by atoms with Crippen molar-refractivity contribution < 1.29 is 14.3 Å². The largest absolute Gasteiger partial charge is 0.494 e. The van der Waals surface area contributed by atoms with E-state index in [1.165, 1.54) is 0 Å². The van der Waals surface area contributed by atoms with E-state index < -0.39 is 6.10 Å². The van der Waals surface area contributed by atoms with Crippen molar-refractivity contribution in [2.24, 2.45) is 0 Å².